The quantitative estimate of drug-likeness (QED) is 0.216. The largest absolute Gasteiger partial charge is 0.370 e. The molecular formula is C23H32Cl2N6O3S. The van der Waals surface area contributed by atoms with Crippen LogP contribution in [0.1, 0.15) is 25.3 Å². The van der Waals surface area contributed by atoms with E-state index in [1.807, 2.05) is 24.3 Å². The van der Waals surface area contributed by atoms with E-state index in [1.54, 1.807) is 37.3 Å². The van der Waals surface area contributed by atoms with Crippen LogP contribution in [0.25, 0.3) is 6.08 Å². The lowest BCUT2D eigenvalue weighted by Crippen LogP contribution is -2.33. The van der Waals surface area contributed by atoms with E-state index in [0.29, 0.717) is 12.1 Å². The van der Waals surface area contributed by atoms with Crippen molar-refractivity contribution < 1.29 is 13.2 Å². The van der Waals surface area contributed by atoms with E-state index < -0.39 is 15.9 Å². The molecule has 1 aliphatic rings. The topological polar surface area (TPSA) is 143 Å². The summed E-state index contributed by atoms with van der Waals surface area (Å²) in [7, 11) is -3.54. The highest BCUT2D eigenvalue weighted by atomic mass is 35.5. The maximum atomic E-state index is 12.5. The molecule has 0 aliphatic carbocycles. The van der Waals surface area contributed by atoms with Gasteiger partial charge in [0.05, 0.1) is 4.90 Å². The summed E-state index contributed by atoms with van der Waals surface area (Å²) in [5.74, 6) is -0.762. The number of nitrogens with zero attached hydrogens (tertiary/aromatic N) is 2. The number of rotatable bonds is 9. The molecule has 0 radical (unpaired) electrons. The Labute approximate surface area is 218 Å². The molecule has 35 heavy (non-hydrogen) atoms. The fraction of sp³-hybridized carbons (Fsp3) is 0.304. The van der Waals surface area contributed by atoms with Crippen molar-refractivity contribution in [1.82, 2.24) is 9.62 Å². The lowest BCUT2D eigenvalue weighted by Gasteiger charge is -2.15. The molecule has 0 unspecified atom stereocenters. The SMILES string of the molecule is C/C(=C\c1ccc(Nc2ccc(S(=O)(=O)NCCN3CCCC3)cc2)cc1)C(=O)N=C(N)N.Cl.Cl. The first kappa shape index (κ1) is 30.4. The second kappa shape index (κ2) is 14.1. The number of sulfonamides is 1. The van der Waals surface area contributed by atoms with E-state index in [9.17, 15) is 13.2 Å². The summed E-state index contributed by atoms with van der Waals surface area (Å²) in [5, 5.41) is 3.23. The van der Waals surface area contributed by atoms with Gasteiger partial charge < -0.3 is 21.7 Å². The Morgan fingerprint density at radius 3 is 2.09 bits per heavy atom. The van der Waals surface area contributed by atoms with E-state index in [2.05, 4.69) is 19.9 Å². The van der Waals surface area contributed by atoms with Gasteiger partial charge in [0.25, 0.3) is 5.91 Å². The number of nitrogens with one attached hydrogen (secondary N) is 2. The van der Waals surface area contributed by atoms with Gasteiger partial charge in [0.15, 0.2) is 5.96 Å². The molecular weight excluding hydrogens is 511 g/mol. The van der Waals surface area contributed by atoms with Gasteiger partial charge in [-0.2, -0.15) is 4.99 Å². The zero-order valence-corrected chi connectivity index (χ0v) is 21.9. The molecule has 9 nitrogen and oxygen atoms in total. The number of anilines is 2. The average molecular weight is 544 g/mol. The number of aliphatic imine (C=N–C) groups is 1. The molecule has 6 N–H and O–H groups in total. The summed E-state index contributed by atoms with van der Waals surface area (Å²) >= 11 is 0. The molecule has 0 saturated carbocycles. The van der Waals surface area contributed by atoms with Gasteiger partial charge in [0.1, 0.15) is 0 Å². The second-order valence-corrected chi connectivity index (χ2v) is 9.65. The van der Waals surface area contributed by atoms with Crippen LogP contribution in [0.5, 0.6) is 0 Å². The van der Waals surface area contributed by atoms with Gasteiger partial charge in [-0.3, -0.25) is 4.79 Å². The van der Waals surface area contributed by atoms with Crippen molar-refractivity contribution in [2.45, 2.75) is 24.7 Å². The fourth-order valence-corrected chi connectivity index (χ4v) is 4.51. The third kappa shape index (κ3) is 9.50. The van der Waals surface area contributed by atoms with Gasteiger partial charge in [0, 0.05) is 30.0 Å². The van der Waals surface area contributed by atoms with Gasteiger partial charge in [-0.1, -0.05) is 12.1 Å². The van der Waals surface area contributed by atoms with Crippen molar-refractivity contribution in [1.29, 1.82) is 0 Å². The summed E-state index contributed by atoms with van der Waals surface area (Å²) in [6.45, 7) is 4.84. The second-order valence-electron chi connectivity index (χ2n) is 7.89. The van der Waals surface area contributed by atoms with Crippen LogP contribution in [-0.2, 0) is 14.8 Å². The van der Waals surface area contributed by atoms with Crippen LogP contribution in [0.15, 0.2) is 64.0 Å². The molecule has 1 heterocycles. The number of likely N-dealkylation sites (tertiary alicyclic amines) is 1. The number of benzene rings is 2. The molecule has 2 aromatic carbocycles. The van der Waals surface area contributed by atoms with Crippen molar-refractivity contribution >= 4 is 64.2 Å². The van der Waals surface area contributed by atoms with E-state index >= 15 is 0 Å². The van der Waals surface area contributed by atoms with E-state index in [0.717, 1.165) is 36.6 Å². The summed E-state index contributed by atoms with van der Waals surface area (Å²) in [4.78, 5) is 17.8. The number of halogens is 2. The first-order chi connectivity index (χ1) is 15.7. The van der Waals surface area contributed by atoms with Crippen molar-refractivity contribution in [3.63, 3.8) is 0 Å². The number of hydrogen-bond donors (Lipinski definition) is 4. The minimum atomic E-state index is -3.54. The normalized spacial score (nSPS) is 13.9. The van der Waals surface area contributed by atoms with Crippen LogP contribution < -0.4 is 21.5 Å². The molecule has 2 aromatic rings. The highest BCUT2D eigenvalue weighted by Crippen LogP contribution is 2.20. The highest BCUT2D eigenvalue weighted by molar-refractivity contribution is 7.89. The van der Waals surface area contributed by atoms with Crippen molar-refractivity contribution in [2.75, 3.05) is 31.5 Å². The molecule has 192 valence electrons. The first-order valence-corrected chi connectivity index (χ1v) is 12.2. The predicted octanol–water partition coefficient (Wildman–Crippen LogP) is 2.85. The lowest BCUT2D eigenvalue weighted by molar-refractivity contribution is -0.114. The zero-order valence-electron chi connectivity index (χ0n) is 19.4. The highest BCUT2D eigenvalue weighted by Gasteiger charge is 2.16. The number of nitrogens with two attached hydrogens (primary N) is 2. The van der Waals surface area contributed by atoms with Crippen molar-refractivity contribution in [2.24, 2.45) is 16.5 Å². The smallest absolute Gasteiger partial charge is 0.275 e. The molecule has 0 bridgehead atoms. The Kier molecular flexibility index (Phi) is 12.2. The molecule has 12 heteroatoms. The summed E-state index contributed by atoms with van der Waals surface area (Å²) < 4.78 is 27.7. The number of hydrogen-bond acceptors (Lipinski definition) is 5. The first-order valence-electron chi connectivity index (χ1n) is 10.7. The van der Waals surface area contributed by atoms with Gasteiger partial charge in [-0.25, -0.2) is 13.1 Å². The van der Waals surface area contributed by atoms with E-state index in [4.69, 9.17) is 11.5 Å². The Bertz CT molecular complexity index is 1130. The average Bonchev–Trinajstić information content (AvgIpc) is 3.28. The molecule has 1 saturated heterocycles. The minimum Gasteiger partial charge on any atom is -0.370 e. The van der Waals surface area contributed by atoms with Crippen LogP contribution in [0.2, 0.25) is 0 Å². The standard InChI is InChI=1S/C23H30N6O3S.2ClH/c1-17(22(30)28-23(24)25)16-18-4-6-19(7-5-18)27-20-8-10-21(11-9-20)33(31,32)26-12-15-29-13-2-3-14-29;;/h4-11,16,26-27H,2-3,12-15H2,1H3,(H4,24,25,28,30);2*1H/b17-16+;;. The molecule has 3 rings (SSSR count). The molecule has 1 fully saturated rings. The number of carbonyl (C=O) groups is 1. The maximum absolute atomic E-state index is 12.5. The Morgan fingerprint density at radius 1 is 1.00 bits per heavy atom. The van der Waals surface area contributed by atoms with E-state index in [1.165, 1.54) is 12.8 Å². The predicted molar refractivity (Wildman–Crippen MR) is 146 cm³/mol. The maximum Gasteiger partial charge on any atom is 0.275 e. The fourth-order valence-electron chi connectivity index (χ4n) is 3.49. The summed E-state index contributed by atoms with van der Waals surface area (Å²) in [6, 6.07) is 14.0. The number of guanidine groups is 1. The van der Waals surface area contributed by atoms with Gasteiger partial charge in [-0.15, -0.1) is 24.8 Å². The minimum absolute atomic E-state index is 0. The molecule has 1 aliphatic heterocycles. The summed E-state index contributed by atoms with van der Waals surface area (Å²) in [6.07, 6.45) is 4.05. The molecule has 0 atom stereocenters. The van der Waals surface area contributed by atoms with Gasteiger partial charge in [-0.05, 0) is 80.9 Å². The molecule has 1 amide bonds. The molecule has 0 aromatic heterocycles. The Hall–Kier alpha value is -2.63. The summed E-state index contributed by atoms with van der Waals surface area (Å²) in [5.41, 5.74) is 13.3. The monoisotopic (exact) mass is 542 g/mol. The number of amides is 1. The van der Waals surface area contributed by atoms with Crippen LogP contribution in [0.4, 0.5) is 11.4 Å². The molecule has 0 spiro atoms. The third-order valence-electron chi connectivity index (χ3n) is 5.23. The van der Waals surface area contributed by atoms with E-state index in [-0.39, 0.29) is 35.7 Å². The number of carbonyl (C=O) groups excluding carboxylic acids is 1. The Balaban J connectivity index is 0.00000306. The van der Waals surface area contributed by atoms with Gasteiger partial charge in [0.2, 0.25) is 10.0 Å². The van der Waals surface area contributed by atoms with Crippen LogP contribution in [-0.4, -0.2) is 51.4 Å². The van der Waals surface area contributed by atoms with Crippen LogP contribution >= 0.6 is 24.8 Å². The lowest BCUT2D eigenvalue weighted by atomic mass is 10.1. The zero-order chi connectivity index (χ0) is 23.8. The van der Waals surface area contributed by atoms with Crippen LogP contribution in [0.3, 0.4) is 0 Å². The van der Waals surface area contributed by atoms with Crippen molar-refractivity contribution in [3.05, 3.63) is 59.7 Å². The van der Waals surface area contributed by atoms with Crippen LogP contribution in [0, 0.1) is 0 Å². The third-order valence-corrected chi connectivity index (χ3v) is 6.71. The Morgan fingerprint density at radius 2 is 1.54 bits per heavy atom. The van der Waals surface area contributed by atoms with Gasteiger partial charge >= 0.3 is 0 Å². The van der Waals surface area contributed by atoms with Crippen molar-refractivity contribution in [3.8, 4) is 0 Å².